The average Bonchev–Trinajstić information content (AvgIpc) is 2.37. The molecular formula is C15H31NO2S. The lowest BCUT2D eigenvalue weighted by Gasteiger charge is -2.42. The van der Waals surface area contributed by atoms with E-state index in [0.29, 0.717) is 11.7 Å². The van der Waals surface area contributed by atoms with Crippen LogP contribution in [-0.4, -0.2) is 32.5 Å². The number of nitrogens with one attached hydrogen (secondary N) is 1. The van der Waals surface area contributed by atoms with Crippen LogP contribution in [0.3, 0.4) is 0 Å². The smallest absolute Gasteiger partial charge is 0.154 e. The third kappa shape index (κ3) is 3.94. The van der Waals surface area contributed by atoms with E-state index in [1.165, 1.54) is 0 Å². The first-order valence-electron chi connectivity index (χ1n) is 7.67. The molecule has 0 saturated heterocycles. The van der Waals surface area contributed by atoms with Gasteiger partial charge in [0.25, 0.3) is 0 Å². The summed E-state index contributed by atoms with van der Waals surface area (Å²) < 4.78 is 25.0. The number of hydrogen-bond acceptors (Lipinski definition) is 3. The van der Waals surface area contributed by atoms with Crippen LogP contribution < -0.4 is 5.32 Å². The van der Waals surface area contributed by atoms with Gasteiger partial charge in [-0.1, -0.05) is 34.1 Å². The maximum Gasteiger partial charge on any atom is 0.154 e. The largest absolute Gasteiger partial charge is 0.316 e. The van der Waals surface area contributed by atoms with E-state index in [1.807, 2.05) is 14.0 Å². The van der Waals surface area contributed by atoms with Gasteiger partial charge in [0.05, 0.1) is 11.0 Å². The van der Waals surface area contributed by atoms with E-state index in [4.69, 9.17) is 0 Å². The zero-order valence-electron chi connectivity index (χ0n) is 13.2. The molecule has 0 radical (unpaired) electrons. The topological polar surface area (TPSA) is 46.2 Å². The molecule has 0 aromatic heterocycles. The summed E-state index contributed by atoms with van der Waals surface area (Å²) in [5, 5.41) is 3.04. The fourth-order valence-electron chi connectivity index (χ4n) is 3.29. The van der Waals surface area contributed by atoms with Crippen molar-refractivity contribution < 1.29 is 8.42 Å². The fraction of sp³-hybridized carbons (Fsp3) is 1.00. The summed E-state index contributed by atoms with van der Waals surface area (Å²) in [6, 6.07) is 0.139. The van der Waals surface area contributed by atoms with Crippen molar-refractivity contribution in [2.45, 2.75) is 71.1 Å². The van der Waals surface area contributed by atoms with E-state index in [-0.39, 0.29) is 16.7 Å². The van der Waals surface area contributed by atoms with Gasteiger partial charge in [-0.15, -0.1) is 0 Å². The fourth-order valence-corrected chi connectivity index (χ4v) is 5.46. The lowest BCUT2D eigenvalue weighted by Crippen LogP contribution is -2.49. The number of sulfone groups is 1. The van der Waals surface area contributed by atoms with Gasteiger partial charge >= 0.3 is 0 Å². The van der Waals surface area contributed by atoms with Crippen molar-refractivity contribution in [3.05, 3.63) is 0 Å². The van der Waals surface area contributed by atoms with Crippen molar-refractivity contribution in [3.8, 4) is 0 Å². The molecule has 0 spiro atoms. The SMILES string of the molecule is CCCS(=O)(=O)C1CC(C(C)(C)CC)CCC1NC. The highest BCUT2D eigenvalue weighted by Crippen LogP contribution is 2.42. The third-order valence-electron chi connectivity index (χ3n) is 5.13. The second-order valence-corrected chi connectivity index (χ2v) is 8.99. The Morgan fingerprint density at radius 3 is 2.32 bits per heavy atom. The normalized spacial score (nSPS) is 29.4. The molecule has 0 bridgehead atoms. The first kappa shape index (κ1) is 17.0. The summed E-state index contributed by atoms with van der Waals surface area (Å²) in [4.78, 5) is 0. The Balaban J connectivity index is 2.92. The van der Waals surface area contributed by atoms with Gasteiger partial charge in [0.1, 0.15) is 0 Å². The van der Waals surface area contributed by atoms with Crippen molar-refractivity contribution >= 4 is 9.84 Å². The van der Waals surface area contributed by atoms with Crippen LogP contribution in [0.1, 0.15) is 59.8 Å². The third-order valence-corrected chi connectivity index (χ3v) is 7.55. The molecule has 1 saturated carbocycles. The van der Waals surface area contributed by atoms with Crippen LogP contribution in [0.25, 0.3) is 0 Å². The van der Waals surface area contributed by atoms with E-state index in [2.05, 4.69) is 26.1 Å². The van der Waals surface area contributed by atoms with Crippen LogP contribution in [0.15, 0.2) is 0 Å². The van der Waals surface area contributed by atoms with Crippen LogP contribution in [0.5, 0.6) is 0 Å². The molecule has 1 aliphatic carbocycles. The van der Waals surface area contributed by atoms with Gasteiger partial charge in [0.2, 0.25) is 0 Å². The van der Waals surface area contributed by atoms with Gasteiger partial charge in [0, 0.05) is 6.04 Å². The van der Waals surface area contributed by atoms with Gasteiger partial charge < -0.3 is 5.32 Å². The highest BCUT2D eigenvalue weighted by molar-refractivity contribution is 7.92. The molecule has 3 atom stereocenters. The maximum absolute atomic E-state index is 12.5. The van der Waals surface area contributed by atoms with E-state index < -0.39 is 9.84 Å². The molecule has 4 heteroatoms. The minimum absolute atomic E-state index is 0.139. The molecule has 3 nitrogen and oxygen atoms in total. The molecule has 1 N–H and O–H groups in total. The second kappa shape index (κ2) is 6.57. The van der Waals surface area contributed by atoms with Gasteiger partial charge in [-0.25, -0.2) is 8.42 Å². The quantitative estimate of drug-likeness (QED) is 0.817. The van der Waals surface area contributed by atoms with Gasteiger partial charge in [-0.2, -0.15) is 0 Å². The van der Waals surface area contributed by atoms with E-state index in [1.54, 1.807) is 0 Å². The van der Waals surface area contributed by atoms with Crippen LogP contribution in [0.4, 0.5) is 0 Å². The summed E-state index contributed by atoms with van der Waals surface area (Å²) >= 11 is 0. The Bertz CT molecular complexity index is 376. The van der Waals surface area contributed by atoms with Crippen molar-refractivity contribution in [3.63, 3.8) is 0 Å². The molecule has 0 aromatic carbocycles. The molecule has 1 rings (SSSR count). The van der Waals surface area contributed by atoms with Crippen LogP contribution in [0.2, 0.25) is 0 Å². The number of rotatable bonds is 6. The highest BCUT2D eigenvalue weighted by atomic mass is 32.2. The molecule has 0 heterocycles. The first-order valence-corrected chi connectivity index (χ1v) is 9.38. The summed E-state index contributed by atoms with van der Waals surface area (Å²) in [6.07, 6.45) is 4.79. The number of hydrogen-bond donors (Lipinski definition) is 1. The Morgan fingerprint density at radius 2 is 1.84 bits per heavy atom. The summed E-state index contributed by atoms with van der Waals surface area (Å²) in [6.45, 7) is 8.71. The minimum Gasteiger partial charge on any atom is -0.316 e. The van der Waals surface area contributed by atoms with Crippen molar-refractivity contribution in [2.75, 3.05) is 12.8 Å². The zero-order chi connectivity index (χ0) is 14.7. The average molecular weight is 289 g/mol. The van der Waals surface area contributed by atoms with Crippen molar-refractivity contribution in [1.82, 2.24) is 5.32 Å². The lowest BCUT2D eigenvalue weighted by atomic mass is 9.68. The van der Waals surface area contributed by atoms with Crippen LogP contribution in [0, 0.1) is 11.3 Å². The van der Waals surface area contributed by atoms with Gasteiger partial charge in [-0.05, 0) is 44.1 Å². The molecule has 114 valence electrons. The minimum atomic E-state index is -2.96. The first-order chi connectivity index (χ1) is 8.78. The van der Waals surface area contributed by atoms with E-state index in [0.717, 1.165) is 32.1 Å². The highest BCUT2D eigenvalue weighted by Gasteiger charge is 2.41. The zero-order valence-corrected chi connectivity index (χ0v) is 14.0. The summed E-state index contributed by atoms with van der Waals surface area (Å²) in [7, 11) is -1.07. The van der Waals surface area contributed by atoms with Crippen molar-refractivity contribution in [2.24, 2.45) is 11.3 Å². The van der Waals surface area contributed by atoms with E-state index in [9.17, 15) is 8.42 Å². The van der Waals surface area contributed by atoms with Crippen molar-refractivity contribution in [1.29, 1.82) is 0 Å². The van der Waals surface area contributed by atoms with Crippen LogP contribution in [-0.2, 0) is 9.84 Å². The Kier molecular flexibility index (Phi) is 5.87. The molecule has 19 heavy (non-hydrogen) atoms. The van der Waals surface area contributed by atoms with E-state index >= 15 is 0 Å². The summed E-state index contributed by atoms with van der Waals surface area (Å²) in [5.41, 5.74) is 0.249. The molecule has 3 unspecified atom stereocenters. The van der Waals surface area contributed by atoms with Gasteiger partial charge in [0.15, 0.2) is 9.84 Å². The molecule has 1 fully saturated rings. The molecule has 0 aromatic rings. The predicted octanol–water partition coefficient (Wildman–Crippen LogP) is 3.00. The Labute approximate surface area is 119 Å². The molecule has 0 amide bonds. The Morgan fingerprint density at radius 1 is 1.21 bits per heavy atom. The lowest BCUT2D eigenvalue weighted by molar-refractivity contribution is 0.140. The molecular weight excluding hydrogens is 258 g/mol. The standard InChI is InChI=1S/C15H31NO2S/c1-6-10-19(17,18)14-11-12(15(3,4)7-2)8-9-13(14)16-5/h12-14,16H,6-11H2,1-5H3. The van der Waals surface area contributed by atoms with Crippen LogP contribution >= 0.6 is 0 Å². The Hall–Kier alpha value is -0.0900. The molecule has 1 aliphatic rings. The van der Waals surface area contributed by atoms with Gasteiger partial charge in [-0.3, -0.25) is 0 Å². The summed E-state index contributed by atoms with van der Waals surface area (Å²) in [5.74, 6) is 0.855. The predicted molar refractivity (Wildman–Crippen MR) is 82.1 cm³/mol. The molecule has 0 aliphatic heterocycles. The maximum atomic E-state index is 12.5. The monoisotopic (exact) mass is 289 g/mol. The second-order valence-electron chi connectivity index (χ2n) is 6.65.